The van der Waals surface area contributed by atoms with Crippen molar-refractivity contribution in [3.05, 3.63) is 22.7 Å². The lowest BCUT2D eigenvalue weighted by atomic mass is 10.0. The number of hydrogen-bond acceptors (Lipinski definition) is 5. The highest BCUT2D eigenvalue weighted by atomic mass is 35.5. The molecule has 0 radical (unpaired) electrons. The van der Waals surface area contributed by atoms with Gasteiger partial charge in [-0.15, -0.1) is 0 Å². The summed E-state index contributed by atoms with van der Waals surface area (Å²) in [5.74, 6) is 1.26. The number of hydrogen-bond donors (Lipinski definition) is 1. The molecule has 2 rings (SSSR count). The molecule has 0 aromatic heterocycles. The van der Waals surface area contributed by atoms with E-state index < -0.39 is 0 Å². The molecule has 1 aliphatic heterocycles. The van der Waals surface area contributed by atoms with Gasteiger partial charge < -0.3 is 20.1 Å². The Bertz CT molecular complexity index is 527. The highest BCUT2D eigenvalue weighted by molar-refractivity contribution is 6.32. The summed E-state index contributed by atoms with van der Waals surface area (Å²) in [5, 5.41) is 0.571. The molecule has 23 heavy (non-hydrogen) atoms. The quantitative estimate of drug-likeness (QED) is 0.861. The van der Waals surface area contributed by atoms with Crippen molar-refractivity contribution in [2.24, 2.45) is 5.73 Å². The fraction of sp³-hybridized carbons (Fsp3) is 0.647. The Morgan fingerprint density at radius 1 is 1.39 bits per heavy atom. The smallest absolute Gasteiger partial charge is 0.179 e. The molecular weight excluding hydrogens is 314 g/mol. The third kappa shape index (κ3) is 4.10. The molecule has 6 heteroatoms. The fourth-order valence-corrected chi connectivity index (χ4v) is 3.35. The Balaban J connectivity index is 2.29. The second-order valence-corrected chi connectivity index (χ2v) is 6.45. The Kier molecular flexibility index (Phi) is 6.53. The third-order valence-electron chi connectivity index (χ3n) is 4.58. The molecule has 1 heterocycles. The van der Waals surface area contributed by atoms with Crippen molar-refractivity contribution in [1.82, 2.24) is 9.80 Å². The predicted molar refractivity (Wildman–Crippen MR) is 94.6 cm³/mol. The number of piperazine rings is 1. The highest BCUT2D eigenvalue weighted by Gasteiger charge is 2.28. The topological polar surface area (TPSA) is 51.0 Å². The largest absolute Gasteiger partial charge is 0.493 e. The van der Waals surface area contributed by atoms with E-state index in [1.165, 1.54) is 0 Å². The minimum absolute atomic E-state index is 0.133. The zero-order valence-electron chi connectivity index (χ0n) is 14.5. The van der Waals surface area contributed by atoms with Crippen LogP contribution in [0.2, 0.25) is 5.02 Å². The summed E-state index contributed by atoms with van der Waals surface area (Å²) in [6, 6.07) is 4.60. The summed E-state index contributed by atoms with van der Waals surface area (Å²) in [6.07, 6.45) is 0. The Morgan fingerprint density at radius 3 is 2.70 bits per heavy atom. The van der Waals surface area contributed by atoms with Gasteiger partial charge in [0.2, 0.25) is 0 Å². The van der Waals surface area contributed by atoms with E-state index in [1.807, 2.05) is 19.1 Å². The number of likely N-dealkylation sites (N-methyl/N-ethyl adjacent to an activating group) is 1. The summed E-state index contributed by atoms with van der Waals surface area (Å²) >= 11 is 6.41. The molecule has 2 atom stereocenters. The first kappa shape index (κ1) is 18.3. The molecule has 1 fully saturated rings. The van der Waals surface area contributed by atoms with Gasteiger partial charge in [-0.3, -0.25) is 4.90 Å². The van der Waals surface area contributed by atoms with E-state index in [0.29, 0.717) is 35.7 Å². The molecule has 0 spiro atoms. The van der Waals surface area contributed by atoms with E-state index >= 15 is 0 Å². The zero-order valence-corrected chi connectivity index (χ0v) is 15.3. The van der Waals surface area contributed by atoms with Crippen LogP contribution in [0.1, 0.15) is 25.5 Å². The van der Waals surface area contributed by atoms with E-state index in [-0.39, 0.29) is 6.04 Å². The molecule has 1 aromatic rings. The number of ether oxygens (including phenoxy) is 2. The van der Waals surface area contributed by atoms with Gasteiger partial charge in [-0.1, -0.05) is 11.6 Å². The normalized spacial score (nSPS) is 21.2. The molecule has 1 saturated heterocycles. The summed E-state index contributed by atoms with van der Waals surface area (Å²) < 4.78 is 11.1. The minimum Gasteiger partial charge on any atom is -0.493 e. The molecular formula is C17H28ClN3O2. The SMILES string of the molecule is CCOc1c(Cl)cc(C(CN)N2CCN(C)C(C)C2)cc1OC. The summed E-state index contributed by atoms with van der Waals surface area (Å²) in [7, 11) is 3.80. The number of nitrogens with two attached hydrogens (primary N) is 1. The van der Waals surface area contributed by atoms with E-state index in [2.05, 4.69) is 23.8 Å². The number of rotatable bonds is 6. The van der Waals surface area contributed by atoms with E-state index in [4.69, 9.17) is 26.8 Å². The van der Waals surface area contributed by atoms with Crippen LogP contribution in [0.4, 0.5) is 0 Å². The van der Waals surface area contributed by atoms with Crippen molar-refractivity contribution in [3.63, 3.8) is 0 Å². The van der Waals surface area contributed by atoms with Gasteiger partial charge in [0.1, 0.15) is 0 Å². The Labute approximate surface area is 144 Å². The molecule has 130 valence electrons. The van der Waals surface area contributed by atoms with Crippen LogP contribution in [0, 0.1) is 0 Å². The van der Waals surface area contributed by atoms with Crippen molar-refractivity contribution in [1.29, 1.82) is 0 Å². The van der Waals surface area contributed by atoms with Crippen LogP contribution in [0.5, 0.6) is 11.5 Å². The summed E-state index contributed by atoms with van der Waals surface area (Å²) in [6.45, 7) is 8.29. The molecule has 1 aromatic carbocycles. The first-order valence-electron chi connectivity index (χ1n) is 8.16. The van der Waals surface area contributed by atoms with Crippen LogP contribution in [0.15, 0.2) is 12.1 Å². The molecule has 1 aliphatic rings. The molecule has 0 aliphatic carbocycles. The maximum Gasteiger partial charge on any atom is 0.179 e. The van der Waals surface area contributed by atoms with Gasteiger partial charge in [-0.2, -0.15) is 0 Å². The average Bonchev–Trinajstić information content (AvgIpc) is 2.53. The average molecular weight is 342 g/mol. The number of methoxy groups -OCH3 is 1. The molecule has 5 nitrogen and oxygen atoms in total. The number of benzene rings is 1. The van der Waals surface area contributed by atoms with Crippen LogP contribution in [-0.4, -0.2) is 62.8 Å². The van der Waals surface area contributed by atoms with Gasteiger partial charge in [0, 0.05) is 38.3 Å². The fourth-order valence-electron chi connectivity index (χ4n) is 3.07. The molecule has 2 unspecified atom stereocenters. The first-order valence-corrected chi connectivity index (χ1v) is 8.54. The first-order chi connectivity index (χ1) is 11.0. The molecule has 0 bridgehead atoms. The monoisotopic (exact) mass is 341 g/mol. The van der Waals surface area contributed by atoms with Crippen molar-refractivity contribution in [3.8, 4) is 11.5 Å². The molecule has 0 saturated carbocycles. The zero-order chi connectivity index (χ0) is 17.0. The lowest BCUT2D eigenvalue weighted by molar-refractivity contribution is 0.0740. The Hall–Kier alpha value is -1.01. The lowest BCUT2D eigenvalue weighted by Crippen LogP contribution is -2.52. The predicted octanol–water partition coefficient (Wildman–Crippen LogP) is 2.38. The van der Waals surface area contributed by atoms with Crippen LogP contribution in [0.25, 0.3) is 0 Å². The maximum atomic E-state index is 6.41. The minimum atomic E-state index is 0.133. The van der Waals surface area contributed by atoms with Crippen LogP contribution in [-0.2, 0) is 0 Å². The summed E-state index contributed by atoms with van der Waals surface area (Å²) in [4.78, 5) is 4.80. The second-order valence-electron chi connectivity index (χ2n) is 6.04. The van der Waals surface area contributed by atoms with E-state index in [0.717, 1.165) is 25.2 Å². The van der Waals surface area contributed by atoms with Gasteiger partial charge in [-0.05, 0) is 38.6 Å². The van der Waals surface area contributed by atoms with E-state index in [1.54, 1.807) is 7.11 Å². The lowest BCUT2D eigenvalue weighted by Gasteiger charge is -2.41. The maximum absolute atomic E-state index is 6.41. The third-order valence-corrected chi connectivity index (χ3v) is 4.86. The van der Waals surface area contributed by atoms with Crippen molar-refractivity contribution in [2.75, 3.05) is 46.9 Å². The van der Waals surface area contributed by atoms with Gasteiger partial charge in [0.05, 0.1) is 18.7 Å². The van der Waals surface area contributed by atoms with Crippen LogP contribution < -0.4 is 15.2 Å². The van der Waals surface area contributed by atoms with Gasteiger partial charge in [0.15, 0.2) is 11.5 Å². The number of halogens is 1. The van der Waals surface area contributed by atoms with E-state index in [9.17, 15) is 0 Å². The Morgan fingerprint density at radius 2 is 2.13 bits per heavy atom. The van der Waals surface area contributed by atoms with Crippen molar-refractivity contribution < 1.29 is 9.47 Å². The van der Waals surface area contributed by atoms with Crippen molar-refractivity contribution >= 4 is 11.6 Å². The molecule has 0 amide bonds. The van der Waals surface area contributed by atoms with Gasteiger partial charge in [0.25, 0.3) is 0 Å². The van der Waals surface area contributed by atoms with Crippen LogP contribution in [0.3, 0.4) is 0 Å². The van der Waals surface area contributed by atoms with Crippen molar-refractivity contribution in [2.45, 2.75) is 25.9 Å². The summed E-state index contributed by atoms with van der Waals surface area (Å²) in [5.41, 5.74) is 7.16. The number of nitrogens with zero attached hydrogens (tertiary/aromatic N) is 2. The standard InChI is InChI=1S/C17H28ClN3O2/c1-5-23-17-14(18)8-13(9-16(17)22-4)15(10-19)21-7-6-20(3)12(2)11-21/h8-9,12,15H,5-7,10-11,19H2,1-4H3. The molecule has 2 N–H and O–H groups in total. The van der Waals surface area contributed by atoms with Crippen LogP contribution >= 0.6 is 11.6 Å². The second kappa shape index (κ2) is 8.20. The highest BCUT2D eigenvalue weighted by Crippen LogP contribution is 2.39. The van der Waals surface area contributed by atoms with Gasteiger partial charge >= 0.3 is 0 Å². The van der Waals surface area contributed by atoms with Gasteiger partial charge in [-0.25, -0.2) is 0 Å².